The van der Waals surface area contributed by atoms with Gasteiger partial charge in [-0.2, -0.15) is 0 Å². The zero-order valence-corrected chi connectivity index (χ0v) is 20.0. The molecule has 0 aliphatic rings. The molecule has 0 aliphatic carbocycles. The summed E-state index contributed by atoms with van der Waals surface area (Å²) in [7, 11) is 0. The molecule has 0 aliphatic heterocycles. The molecule has 0 fully saturated rings. The number of rotatable bonds is 4. The molecule has 172 valence electrons. The maximum atomic E-state index is 13.9. The molecular weight excluding hydrogens is 434 g/mol. The molecule has 6 aromatic rings. The van der Waals surface area contributed by atoms with E-state index >= 15 is 0 Å². The Hall–Kier alpha value is -4.32. The monoisotopic (exact) mass is 459 g/mol. The first-order valence-corrected chi connectivity index (χ1v) is 11.8. The van der Waals surface area contributed by atoms with Gasteiger partial charge in [0.25, 0.3) is 5.56 Å². The number of benzene rings is 3. The highest BCUT2D eigenvalue weighted by atomic mass is 16.1. The van der Waals surface area contributed by atoms with Gasteiger partial charge in [0.05, 0.1) is 11.0 Å². The largest absolute Gasteiger partial charge is 0.296 e. The normalized spacial score (nSPS) is 11.6. The fourth-order valence-electron chi connectivity index (χ4n) is 4.69. The van der Waals surface area contributed by atoms with E-state index in [9.17, 15) is 4.79 Å². The van der Waals surface area contributed by atoms with Crippen molar-refractivity contribution in [3.8, 4) is 5.69 Å². The summed E-state index contributed by atoms with van der Waals surface area (Å²) in [5.41, 5.74) is 7.77. The number of hydrogen-bond acceptors (Lipinski definition) is 4. The zero-order valence-electron chi connectivity index (χ0n) is 20.0. The molecule has 3 heterocycles. The first kappa shape index (κ1) is 21.2. The lowest BCUT2D eigenvalue weighted by molar-refractivity contribution is 0.637. The van der Waals surface area contributed by atoms with Crippen LogP contribution in [-0.2, 0) is 13.0 Å². The molecule has 0 saturated heterocycles. The van der Waals surface area contributed by atoms with Gasteiger partial charge < -0.3 is 0 Å². The van der Waals surface area contributed by atoms with E-state index in [0.717, 1.165) is 23.1 Å². The fourth-order valence-corrected chi connectivity index (χ4v) is 4.69. The molecule has 6 nitrogen and oxygen atoms in total. The molecule has 0 N–H and O–H groups in total. The molecule has 0 atom stereocenters. The number of nitrogens with zero attached hydrogens (tertiary/aromatic N) is 5. The van der Waals surface area contributed by atoms with Crippen LogP contribution in [0.15, 0.2) is 77.6 Å². The van der Waals surface area contributed by atoms with E-state index in [0.29, 0.717) is 34.6 Å². The Balaban J connectivity index is 1.66. The lowest BCUT2D eigenvalue weighted by Crippen LogP contribution is -2.25. The van der Waals surface area contributed by atoms with Crippen molar-refractivity contribution >= 4 is 33.2 Å². The summed E-state index contributed by atoms with van der Waals surface area (Å²) in [6.07, 6.45) is 0.749. The van der Waals surface area contributed by atoms with Crippen LogP contribution in [0.4, 0.5) is 0 Å². The Kier molecular flexibility index (Phi) is 4.95. The average molecular weight is 460 g/mol. The molecule has 0 radical (unpaired) electrons. The lowest BCUT2D eigenvalue weighted by Gasteiger charge is -2.12. The maximum absolute atomic E-state index is 13.9. The third-order valence-corrected chi connectivity index (χ3v) is 6.77. The first-order chi connectivity index (χ1) is 17.0. The highest BCUT2D eigenvalue weighted by Crippen LogP contribution is 2.29. The van der Waals surface area contributed by atoms with Gasteiger partial charge in [0.2, 0.25) is 0 Å². The number of fused-ring (bicyclic) bond motifs is 4. The molecule has 0 unspecified atom stereocenters. The smallest absolute Gasteiger partial charge is 0.265 e. The van der Waals surface area contributed by atoms with Crippen LogP contribution >= 0.6 is 0 Å². The van der Waals surface area contributed by atoms with Gasteiger partial charge in [-0.25, -0.2) is 15.0 Å². The second-order valence-corrected chi connectivity index (χ2v) is 9.04. The Bertz CT molecular complexity index is 1800. The first-order valence-electron chi connectivity index (χ1n) is 11.8. The van der Waals surface area contributed by atoms with Gasteiger partial charge in [-0.05, 0) is 68.1 Å². The summed E-state index contributed by atoms with van der Waals surface area (Å²) < 4.78 is 3.74. The van der Waals surface area contributed by atoms with Gasteiger partial charge >= 0.3 is 0 Å². The molecule has 3 aromatic carbocycles. The van der Waals surface area contributed by atoms with E-state index in [2.05, 4.69) is 44.2 Å². The van der Waals surface area contributed by atoms with Gasteiger partial charge in [0.1, 0.15) is 16.7 Å². The van der Waals surface area contributed by atoms with Gasteiger partial charge in [0.15, 0.2) is 11.3 Å². The molecule has 35 heavy (non-hydrogen) atoms. The Morgan fingerprint density at radius 3 is 2.20 bits per heavy atom. The zero-order chi connectivity index (χ0) is 24.1. The summed E-state index contributed by atoms with van der Waals surface area (Å²) in [6.45, 7) is 6.62. The van der Waals surface area contributed by atoms with Crippen molar-refractivity contribution in [2.45, 2.75) is 33.7 Å². The number of aryl methyl sites for hydroxylation is 4. The highest BCUT2D eigenvalue weighted by molar-refractivity contribution is 6.05. The van der Waals surface area contributed by atoms with Crippen molar-refractivity contribution in [2.75, 3.05) is 0 Å². The number of hydrogen-bond donors (Lipinski definition) is 0. The van der Waals surface area contributed by atoms with E-state index in [1.165, 1.54) is 16.7 Å². The van der Waals surface area contributed by atoms with Crippen LogP contribution in [0.2, 0.25) is 0 Å². The molecule has 3 aromatic heterocycles. The standard InChI is InChI=1S/C29H25N5O/c1-18-13-14-22(17-19(18)2)34-27-25(26-28(34)32-24-12-8-7-11-23(24)31-26)29(35)33(20(3)30-27)16-15-21-9-5-4-6-10-21/h4-14,17H,15-16H2,1-3H3. The Labute approximate surface area is 202 Å². The summed E-state index contributed by atoms with van der Waals surface area (Å²) >= 11 is 0. The van der Waals surface area contributed by atoms with Gasteiger partial charge in [-0.15, -0.1) is 0 Å². The second-order valence-electron chi connectivity index (χ2n) is 9.04. The molecule has 0 amide bonds. The van der Waals surface area contributed by atoms with E-state index in [-0.39, 0.29) is 5.56 Å². The summed E-state index contributed by atoms with van der Waals surface area (Å²) in [5, 5.41) is 0.509. The van der Waals surface area contributed by atoms with Crippen molar-refractivity contribution < 1.29 is 0 Å². The predicted molar refractivity (Wildman–Crippen MR) is 140 cm³/mol. The van der Waals surface area contributed by atoms with Crippen LogP contribution in [0.1, 0.15) is 22.5 Å². The Morgan fingerprint density at radius 2 is 1.46 bits per heavy atom. The summed E-state index contributed by atoms with van der Waals surface area (Å²) in [5.74, 6) is 0.677. The molecule has 0 spiro atoms. The van der Waals surface area contributed by atoms with Crippen molar-refractivity contribution in [3.05, 3.63) is 106 Å². The van der Waals surface area contributed by atoms with Crippen LogP contribution in [0.25, 0.3) is 38.9 Å². The molecular formula is C29H25N5O. The maximum Gasteiger partial charge on any atom is 0.265 e. The third kappa shape index (κ3) is 3.49. The Morgan fingerprint density at radius 1 is 0.743 bits per heavy atom. The predicted octanol–water partition coefficient (Wildman–Crippen LogP) is 5.45. The van der Waals surface area contributed by atoms with Crippen molar-refractivity contribution in [3.63, 3.8) is 0 Å². The van der Waals surface area contributed by atoms with Crippen LogP contribution in [0.5, 0.6) is 0 Å². The minimum Gasteiger partial charge on any atom is -0.296 e. The minimum absolute atomic E-state index is 0.0828. The number of aromatic nitrogens is 5. The fraction of sp³-hybridized carbons (Fsp3) is 0.172. The van der Waals surface area contributed by atoms with Crippen LogP contribution in [0, 0.1) is 20.8 Å². The average Bonchev–Trinajstić information content (AvgIpc) is 3.17. The van der Waals surface area contributed by atoms with E-state index < -0.39 is 0 Å². The van der Waals surface area contributed by atoms with E-state index in [1.54, 1.807) is 4.57 Å². The van der Waals surface area contributed by atoms with Crippen LogP contribution in [-0.4, -0.2) is 24.1 Å². The van der Waals surface area contributed by atoms with Crippen LogP contribution < -0.4 is 5.56 Å². The molecule has 0 bridgehead atoms. The van der Waals surface area contributed by atoms with Gasteiger partial charge in [0, 0.05) is 12.2 Å². The SMILES string of the molecule is Cc1ccc(-n2c3nc4ccccc4nc3c3c(=O)n(CCc4ccccc4)c(C)nc32)cc1C. The molecule has 0 saturated carbocycles. The topological polar surface area (TPSA) is 65.6 Å². The van der Waals surface area contributed by atoms with Crippen molar-refractivity contribution in [1.82, 2.24) is 24.1 Å². The van der Waals surface area contributed by atoms with E-state index in [4.69, 9.17) is 15.0 Å². The summed E-state index contributed by atoms with van der Waals surface area (Å²) in [4.78, 5) is 28.7. The van der Waals surface area contributed by atoms with Crippen LogP contribution in [0.3, 0.4) is 0 Å². The van der Waals surface area contributed by atoms with Gasteiger partial charge in [-0.1, -0.05) is 48.5 Å². The third-order valence-electron chi connectivity index (χ3n) is 6.77. The highest BCUT2D eigenvalue weighted by Gasteiger charge is 2.22. The lowest BCUT2D eigenvalue weighted by atomic mass is 10.1. The van der Waals surface area contributed by atoms with E-state index in [1.807, 2.05) is 54.0 Å². The van der Waals surface area contributed by atoms with Crippen molar-refractivity contribution in [2.24, 2.45) is 0 Å². The van der Waals surface area contributed by atoms with Gasteiger partial charge in [-0.3, -0.25) is 13.9 Å². The number of para-hydroxylation sites is 2. The minimum atomic E-state index is -0.0828. The summed E-state index contributed by atoms with van der Waals surface area (Å²) in [6, 6.07) is 24.2. The quantitative estimate of drug-likeness (QED) is 0.352. The molecule has 6 rings (SSSR count). The second kappa shape index (κ2) is 8.17. The molecule has 6 heteroatoms. The van der Waals surface area contributed by atoms with Crippen molar-refractivity contribution in [1.29, 1.82) is 0 Å².